The van der Waals surface area contributed by atoms with Gasteiger partial charge in [0.15, 0.2) is 0 Å². The summed E-state index contributed by atoms with van der Waals surface area (Å²) in [6, 6.07) is 11.5. The molecule has 1 aromatic heterocycles. The largest absolute Gasteiger partial charge is 0.497 e. The lowest BCUT2D eigenvalue weighted by molar-refractivity contribution is 0.414. The Morgan fingerprint density at radius 3 is 2.22 bits per heavy atom. The zero-order valence-electron chi connectivity index (χ0n) is 9.95. The average Bonchev–Trinajstić information content (AvgIpc) is 2.39. The van der Waals surface area contributed by atoms with Gasteiger partial charge in [0.05, 0.1) is 13.2 Å². The van der Waals surface area contributed by atoms with Crippen LogP contribution in [0, 0.1) is 0 Å². The highest BCUT2D eigenvalue weighted by atomic mass is 35.5. The van der Waals surface area contributed by atoms with Gasteiger partial charge in [0.25, 0.3) is 0 Å². The van der Waals surface area contributed by atoms with Gasteiger partial charge >= 0.3 is 0 Å². The minimum atomic E-state index is -0.139. The van der Waals surface area contributed by atoms with Gasteiger partial charge in [0, 0.05) is 12.4 Å². The first-order chi connectivity index (χ1) is 7.81. The van der Waals surface area contributed by atoms with Crippen molar-refractivity contribution in [3.8, 4) is 5.75 Å². The molecule has 0 saturated carbocycles. The van der Waals surface area contributed by atoms with Gasteiger partial charge in [-0.05, 0) is 29.3 Å². The third kappa shape index (κ3) is 3.88. The lowest BCUT2D eigenvalue weighted by Gasteiger charge is -2.12. The van der Waals surface area contributed by atoms with E-state index in [2.05, 4.69) is 4.98 Å². The number of hydrogen-bond donors (Lipinski definition) is 1. The fourth-order valence-electron chi connectivity index (χ4n) is 1.56. The molecule has 0 aliphatic carbocycles. The summed E-state index contributed by atoms with van der Waals surface area (Å²) in [5, 5.41) is 0. The maximum Gasteiger partial charge on any atom is 0.118 e. The summed E-state index contributed by atoms with van der Waals surface area (Å²) < 4.78 is 5.10. The quantitative estimate of drug-likeness (QED) is 0.944. The summed E-state index contributed by atoms with van der Waals surface area (Å²) >= 11 is 0. The summed E-state index contributed by atoms with van der Waals surface area (Å²) in [5.74, 6) is 0.835. The van der Waals surface area contributed by atoms with Crippen LogP contribution in [-0.4, -0.2) is 12.1 Å². The van der Waals surface area contributed by atoms with E-state index in [4.69, 9.17) is 10.5 Å². The van der Waals surface area contributed by atoms with Crippen LogP contribution in [0.2, 0.25) is 0 Å². The summed E-state index contributed by atoms with van der Waals surface area (Å²) in [6.07, 6.45) is 3.53. The van der Waals surface area contributed by atoms with E-state index in [1.165, 1.54) is 0 Å². The molecule has 0 bridgehead atoms. The van der Waals surface area contributed by atoms with Crippen LogP contribution in [0.3, 0.4) is 0 Å². The highest BCUT2D eigenvalue weighted by Crippen LogP contribution is 2.20. The third-order valence-corrected chi connectivity index (χ3v) is 2.52. The van der Waals surface area contributed by atoms with Gasteiger partial charge in [-0.15, -0.1) is 24.8 Å². The lowest BCUT2D eigenvalue weighted by Crippen LogP contribution is -2.11. The summed E-state index contributed by atoms with van der Waals surface area (Å²) in [5.41, 5.74) is 8.18. The second-order valence-electron chi connectivity index (χ2n) is 3.54. The molecule has 1 aromatic carbocycles. The normalized spacial score (nSPS) is 10.8. The number of rotatable bonds is 3. The van der Waals surface area contributed by atoms with E-state index in [9.17, 15) is 0 Å². The van der Waals surface area contributed by atoms with Crippen molar-refractivity contribution in [3.05, 3.63) is 59.9 Å². The molecule has 18 heavy (non-hydrogen) atoms. The molecule has 98 valence electrons. The van der Waals surface area contributed by atoms with Gasteiger partial charge in [-0.25, -0.2) is 0 Å². The van der Waals surface area contributed by atoms with Gasteiger partial charge < -0.3 is 10.5 Å². The van der Waals surface area contributed by atoms with Crippen LogP contribution in [-0.2, 0) is 0 Å². The monoisotopic (exact) mass is 286 g/mol. The molecule has 3 nitrogen and oxygen atoms in total. The Labute approximate surface area is 119 Å². The van der Waals surface area contributed by atoms with E-state index in [0.717, 1.165) is 16.9 Å². The van der Waals surface area contributed by atoms with Gasteiger partial charge in [-0.2, -0.15) is 0 Å². The van der Waals surface area contributed by atoms with E-state index >= 15 is 0 Å². The molecule has 2 aromatic rings. The number of hydrogen-bond acceptors (Lipinski definition) is 3. The summed E-state index contributed by atoms with van der Waals surface area (Å²) in [7, 11) is 1.65. The molecule has 0 saturated heterocycles. The Bertz CT molecular complexity index is 448. The highest BCUT2D eigenvalue weighted by molar-refractivity contribution is 5.85. The van der Waals surface area contributed by atoms with E-state index < -0.39 is 0 Å². The molecule has 0 aliphatic rings. The fourth-order valence-corrected chi connectivity index (χ4v) is 1.56. The second kappa shape index (κ2) is 7.93. The lowest BCUT2D eigenvalue weighted by atomic mass is 10.0. The van der Waals surface area contributed by atoms with E-state index in [0.29, 0.717) is 0 Å². The zero-order valence-corrected chi connectivity index (χ0v) is 11.6. The Kier molecular flexibility index (Phi) is 7.36. The number of halogens is 2. The molecule has 1 heterocycles. The highest BCUT2D eigenvalue weighted by Gasteiger charge is 2.08. The number of aromatic nitrogens is 1. The van der Waals surface area contributed by atoms with Crippen molar-refractivity contribution in [2.75, 3.05) is 7.11 Å². The SMILES string of the molecule is COc1ccc(C(N)c2cccnc2)cc1.Cl.Cl. The molecule has 2 N–H and O–H groups in total. The maximum atomic E-state index is 6.13. The van der Waals surface area contributed by atoms with E-state index in [1.807, 2.05) is 36.4 Å². The minimum absolute atomic E-state index is 0. The number of benzene rings is 1. The first-order valence-corrected chi connectivity index (χ1v) is 5.10. The molecule has 5 heteroatoms. The van der Waals surface area contributed by atoms with Crippen LogP contribution in [0.4, 0.5) is 0 Å². The number of ether oxygens (including phenoxy) is 1. The van der Waals surface area contributed by atoms with Crippen molar-refractivity contribution < 1.29 is 4.74 Å². The predicted molar refractivity (Wildman–Crippen MR) is 77.8 cm³/mol. The van der Waals surface area contributed by atoms with Crippen LogP contribution < -0.4 is 10.5 Å². The van der Waals surface area contributed by atoms with Gasteiger partial charge in [-0.1, -0.05) is 18.2 Å². The van der Waals surface area contributed by atoms with Crippen molar-refractivity contribution in [1.82, 2.24) is 4.98 Å². The van der Waals surface area contributed by atoms with Gasteiger partial charge in [0.2, 0.25) is 0 Å². The molecule has 0 spiro atoms. The number of methoxy groups -OCH3 is 1. The molecular weight excluding hydrogens is 271 g/mol. The first kappa shape index (κ1) is 16.7. The average molecular weight is 287 g/mol. The Balaban J connectivity index is 0.00000144. The van der Waals surface area contributed by atoms with Crippen molar-refractivity contribution in [2.45, 2.75) is 6.04 Å². The molecule has 0 aliphatic heterocycles. The minimum Gasteiger partial charge on any atom is -0.497 e. The standard InChI is InChI=1S/C13H14N2O.2ClH/c1-16-12-6-4-10(5-7-12)13(14)11-3-2-8-15-9-11;;/h2-9,13H,14H2,1H3;2*1H. The topological polar surface area (TPSA) is 48.1 Å². The Morgan fingerprint density at radius 2 is 1.72 bits per heavy atom. The van der Waals surface area contributed by atoms with Crippen LogP contribution in [0.5, 0.6) is 5.75 Å². The second-order valence-corrected chi connectivity index (χ2v) is 3.54. The molecule has 0 fully saturated rings. The van der Waals surface area contributed by atoms with E-state index in [-0.39, 0.29) is 30.9 Å². The Morgan fingerprint density at radius 1 is 1.06 bits per heavy atom. The molecular formula is C13H16Cl2N2O. The third-order valence-electron chi connectivity index (χ3n) is 2.52. The van der Waals surface area contributed by atoms with Crippen LogP contribution in [0.1, 0.15) is 17.2 Å². The van der Waals surface area contributed by atoms with E-state index in [1.54, 1.807) is 19.5 Å². The number of nitrogens with zero attached hydrogens (tertiary/aromatic N) is 1. The van der Waals surface area contributed by atoms with Gasteiger partial charge in [0.1, 0.15) is 5.75 Å². The molecule has 1 atom stereocenters. The van der Waals surface area contributed by atoms with Crippen molar-refractivity contribution in [3.63, 3.8) is 0 Å². The molecule has 2 rings (SSSR count). The maximum absolute atomic E-state index is 6.13. The predicted octanol–water partition coefficient (Wildman–Crippen LogP) is 2.98. The summed E-state index contributed by atoms with van der Waals surface area (Å²) in [4.78, 5) is 4.06. The van der Waals surface area contributed by atoms with Gasteiger partial charge in [-0.3, -0.25) is 4.98 Å². The zero-order chi connectivity index (χ0) is 11.4. The smallest absolute Gasteiger partial charge is 0.118 e. The van der Waals surface area contributed by atoms with Crippen molar-refractivity contribution >= 4 is 24.8 Å². The molecule has 1 unspecified atom stereocenters. The van der Waals surface area contributed by atoms with Crippen LogP contribution in [0.25, 0.3) is 0 Å². The first-order valence-electron chi connectivity index (χ1n) is 5.10. The number of pyridine rings is 1. The fraction of sp³-hybridized carbons (Fsp3) is 0.154. The number of nitrogens with two attached hydrogens (primary N) is 1. The molecule has 0 radical (unpaired) electrons. The summed E-state index contributed by atoms with van der Waals surface area (Å²) in [6.45, 7) is 0. The van der Waals surface area contributed by atoms with Crippen molar-refractivity contribution in [1.29, 1.82) is 0 Å². The molecule has 0 amide bonds. The Hall–Kier alpha value is -1.29. The van der Waals surface area contributed by atoms with Crippen molar-refractivity contribution in [2.24, 2.45) is 5.73 Å². The van der Waals surface area contributed by atoms with Crippen LogP contribution >= 0.6 is 24.8 Å². The van der Waals surface area contributed by atoms with Crippen LogP contribution in [0.15, 0.2) is 48.8 Å².